The molecule has 1 heterocycles. The first-order valence-corrected chi connectivity index (χ1v) is 10.4. The van der Waals surface area contributed by atoms with Gasteiger partial charge < -0.3 is 5.11 Å². The first kappa shape index (κ1) is 20.4. The van der Waals surface area contributed by atoms with E-state index in [9.17, 15) is 14.7 Å². The number of amides is 2. The van der Waals surface area contributed by atoms with Crippen LogP contribution in [0, 0.1) is 13.8 Å². The van der Waals surface area contributed by atoms with E-state index in [4.69, 9.17) is 0 Å². The Labute approximate surface area is 170 Å². The van der Waals surface area contributed by atoms with E-state index in [1.807, 2.05) is 56.3 Å². The van der Waals surface area contributed by atoms with Crippen LogP contribution in [0.1, 0.15) is 42.0 Å². The number of aliphatic hydroxyl groups is 1. The van der Waals surface area contributed by atoms with Gasteiger partial charge in [0.15, 0.2) is 0 Å². The van der Waals surface area contributed by atoms with Crippen molar-refractivity contribution in [3.63, 3.8) is 0 Å². The maximum Gasteiger partial charge on any atom is 0.272 e. The molecule has 1 N–H and O–H groups in total. The molecule has 2 aromatic carbocycles. The van der Waals surface area contributed by atoms with Gasteiger partial charge in [0.2, 0.25) is 0 Å². The molecule has 5 heteroatoms. The zero-order valence-corrected chi connectivity index (χ0v) is 17.5. The summed E-state index contributed by atoms with van der Waals surface area (Å²) in [6, 6.07) is 13.3. The summed E-state index contributed by atoms with van der Waals surface area (Å²) in [6.07, 6.45) is 0. The average molecular weight is 396 g/mol. The van der Waals surface area contributed by atoms with Gasteiger partial charge in [-0.25, -0.2) is 4.90 Å². The lowest BCUT2D eigenvalue weighted by atomic mass is 10.0. The number of thioether (sulfide) groups is 1. The number of rotatable bonds is 6. The second-order valence-electron chi connectivity index (χ2n) is 7.27. The van der Waals surface area contributed by atoms with Gasteiger partial charge in [0.05, 0.1) is 22.8 Å². The summed E-state index contributed by atoms with van der Waals surface area (Å²) in [6.45, 7) is 8.15. The Morgan fingerprint density at radius 1 is 0.964 bits per heavy atom. The number of carbonyl (C=O) groups excluding carboxylic acids is 2. The zero-order valence-electron chi connectivity index (χ0n) is 16.7. The number of nitrogens with zero attached hydrogens (tertiary/aromatic N) is 1. The average Bonchev–Trinajstić information content (AvgIpc) is 2.92. The summed E-state index contributed by atoms with van der Waals surface area (Å²) in [5, 5.41) is 9.23. The Kier molecular flexibility index (Phi) is 6.06. The molecule has 0 bridgehead atoms. The predicted octanol–water partition coefficient (Wildman–Crippen LogP) is 4.44. The Balaban J connectivity index is 2.04. The third kappa shape index (κ3) is 3.77. The Bertz CT molecular complexity index is 945. The van der Waals surface area contributed by atoms with Gasteiger partial charge in [0, 0.05) is 5.75 Å². The largest absolute Gasteiger partial charge is 0.396 e. The molecule has 28 heavy (non-hydrogen) atoms. The quantitative estimate of drug-likeness (QED) is 0.735. The molecule has 1 aliphatic heterocycles. The van der Waals surface area contributed by atoms with E-state index in [0.717, 1.165) is 22.3 Å². The van der Waals surface area contributed by atoms with E-state index in [2.05, 4.69) is 13.8 Å². The molecule has 1 aliphatic rings. The van der Waals surface area contributed by atoms with E-state index in [-0.39, 0.29) is 18.4 Å². The molecule has 0 spiro atoms. The summed E-state index contributed by atoms with van der Waals surface area (Å²) in [5.74, 6) is 0.0990. The number of aryl methyl sites for hydroxylation is 2. The third-order valence-electron chi connectivity index (χ3n) is 4.99. The van der Waals surface area contributed by atoms with Crippen molar-refractivity contribution in [1.29, 1.82) is 0 Å². The van der Waals surface area contributed by atoms with Gasteiger partial charge in [-0.1, -0.05) is 44.2 Å². The SMILES string of the molecule is Cc1ccc(C2=C(SCCO)C(=O)N(c3ccc(C(C)C)cc3)C2=O)cc1C. The summed E-state index contributed by atoms with van der Waals surface area (Å²) in [4.78, 5) is 28.0. The number of imide groups is 1. The van der Waals surface area contributed by atoms with Crippen LogP contribution >= 0.6 is 11.8 Å². The first-order chi connectivity index (χ1) is 13.3. The summed E-state index contributed by atoms with van der Waals surface area (Å²) < 4.78 is 0. The van der Waals surface area contributed by atoms with Crippen molar-refractivity contribution in [3.8, 4) is 0 Å². The van der Waals surface area contributed by atoms with E-state index in [1.165, 1.54) is 16.7 Å². The normalized spacial score (nSPS) is 14.6. The molecule has 0 aliphatic carbocycles. The van der Waals surface area contributed by atoms with Crippen molar-refractivity contribution >= 4 is 34.8 Å². The van der Waals surface area contributed by atoms with Crippen LogP contribution < -0.4 is 4.90 Å². The molecule has 0 saturated heterocycles. The zero-order chi connectivity index (χ0) is 20.4. The molecule has 0 radical (unpaired) electrons. The fourth-order valence-corrected chi connectivity index (χ4v) is 4.05. The highest BCUT2D eigenvalue weighted by atomic mass is 32.2. The fourth-order valence-electron chi connectivity index (χ4n) is 3.19. The molecule has 4 nitrogen and oxygen atoms in total. The van der Waals surface area contributed by atoms with E-state index >= 15 is 0 Å². The monoisotopic (exact) mass is 395 g/mol. The molecule has 0 saturated carbocycles. The molecule has 2 amide bonds. The van der Waals surface area contributed by atoms with E-state index in [1.54, 1.807) is 0 Å². The van der Waals surface area contributed by atoms with Crippen molar-refractivity contribution in [2.75, 3.05) is 17.3 Å². The number of hydrogen-bond donors (Lipinski definition) is 1. The minimum absolute atomic E-state index is 0.0566. The minimum Gasteiger partial charge on any atom is -0.396 e. The molecule has 0 unspecified atom stereocenters. The van der Waals surface area contributed by atoms with Crippen LogP contribution in [0.15, 0.2) is 47.4 Å². The second kappa shape index (κ2) is 8.33. The van der Waals surface area contributed by atoms with Crippen LogP contribution in [0.4, 0.5) is 5.69 Å². The van der Waals surface area contributed by atoms with E-state index < -0.39 is 0 Å². The van der Waals surface area contributed by atoms with Gasteiger partial charge >= 0.3 is 0 Å². The molecule has 0 atom stereocenters. The van der Waals surface area contributed by atoms with Crippen molar-refractivity contribution in [2.24, 2.45) is 0 Å². The molecule has 0 aromatic heterocycles. The van der Waals surface area contributed by atoms with Crippen LogP contribution in [-0.4, -0.2) is 29.3 Å². The highest BCUT2D eigenvalue weighted by Crippen LogP contribution is 2.39. The van der Waals surface area contributed by atoms with Crippen LogP contribution in [-0.2, 0) is 9.59 Å². The lowest BCUT2D eigenvalue weighted by Crippen LogP contribution is -2.31. The van der Waals surface area contributed by atoms with Gasteiger partial charge in [0.1, 0.15) is 0 Å². The van der Waals surface area contributed by atoms with E-state index in [0.29, 0.717) is 27.8 Å². The number of hydrogen-bond acceptors (Lipinski definition) is 4. The molecule has 3 rings (SSSR count). The Morgan fingerprint density at radius 2 is 1.64 bits per heavy atom. The smallest absolute Gasteiger partial charge is 0.272 e. The van der Waals surface area contributed by atoms with Crippen molar-refractivity contribution in [2.45, 2.75) is 33.6 Å². The van der Waals surface area contributed by atoms with Gasteiger partial charge in [-0.15, -0.1) is 11.8 Å². The second-order valence-corrected chi connectivity index (χ2v) is 8.37. The number of anilines is 1. The van der Waals surface area contributed by atoms with Gasteiger partial charge in [-0.3, -0.25) is 9.59 Å². The maximum absolute atomic E-state index is 13.3. The summed E-state index contributed by atoms with van der Waals surface area (Å²) >= 11 is 1.23. The van der Waals surface area contributed by atoms with Gasteiger partial charge in [-0.05, 0) is 54.2 Å². The number of carbonyl (C=O) groups is 2. The lowest BCUT2D eigenvalue weighted by Gasteiger charge is -2.16. The van der Waals surface area contributed by atoms with Crippen molar-refractivity contribution in [1.82, 2.24) is 0 Å². The minimum atomic E-state index is -0.325. The Morgan fingerprint density at radius 3 is 2.21 bits per heavy atom. The number of benzene rings is 2. The van der Waals surface area contributed by atoms with Gasteiger partial charge in [-0.2, -0.15) is 0 Å². The highest BCUT2D eigenvalue weighted by molar-refractivity contribution is 8.04. The van der Waals surface area contributed by atoms with Crippen LogP contribution in [0.25, 0.3) is 5.57 Å². The molecule has 0 fully saturated rings. The van der Waals surface area contributed by atoms with Crippen LogP contribution in [0.3, 0.4) is 0 Å². The summed E-state index contributed by atoms with van der Waals surface area (Å²) in [5.41, 5.74) is 5.08. The maximum atomic E-state index is 13.3. The van der Waals surface area contributed by atoms with Crippen molar-refractivity contribution in [3.05, 3.63) is 69.6 Å². The highest BCUT2D eigenvalue weighted by Gasteiger charge is 2.40. The molecule has 2 aromatic rings. The summed E-state index contributed by atoms with van der Waals surface area (Å²) in [7, 11) is 0. The third-order valence-corrected chi connectivity index (χ3v) is 6.05. The Hall–Kier alpha value is -2.37. The number of aliphatic hydroxyl groups excluding tert-OH is 1. The first-order valence-electron chi connectivity index (χ1n) is 9.39. The molecule has 146 valence electrons. The van der Waals surface area contributed by atoms with Crippen LogP contribution in [0.2, 0.25) is 0 Å². The van der Waals surface area contributed by atoms with Gasteiger partial charge in [0.25, 0.3) is 11.8 Å². The predicted molar refractivity (Wildman–Crippen MR) is 115 cm³/mol. The van der Waals surface area contributed by atoms with Crippen LogP contribution in [0.5, 0.6) is 0 Å². The van der Waals surface area contributed by atoms with Crippen molar-refractivity contribution < 1.29 is 14.7 Å². The lowest BCUT2D eigenvalue weighted by molar-refractivity contribution is -0.119. The topological polar surface area (TPSA) is 57.6 Å². The fraction of sp³-hybridized carbons (Fsp3) is 0.304. The molecular weight excluding hydrogens is 370 g/mol. The molecular formula is C23H25NO3S. The standard InChI is InChI=1S/C23H25NO3S/c1-14(2)17-7-9-19(10-8-17)24-22(26)20(21(23(24)27)28-12-11-25)18-6-5-15(3)16(4)13-18/h5-10,13-14,25H,11-12H2,1-4H3.